The molecular formula is C18H22N2O5. The molecule has 0 bridgehead atoms. The number of carbonyl (C=O) groups is 2. The molecule has 134 valence electrons. The summed E-state index contributed by atoms with van der Waals surface area (Å²) in [6.07, 6.45) is 0.191. The minimum Gasteiger partial charge on any atom is -0.489 e. The first kappa shape index (κ1) is 18.5. The fraction of sp³-hybridized carbons (Fsp3) is 0.389. The summed E-state index contributed by atoms with van der Waals surface area (Å²) in [5, 5.41) is 15.3. The van der Waals surface area contributed by atoms with Gasteiger partial charge in [-0.2, -0.15) is 0 Å². The van der Waals surface area contributed by atoms with Gasteiger partial charge in [0.05, 0.1) is 23.6 Å². The van der Waals surface area contributed by atoms with E-state index in [-0.39, 0.29) is 18.9 Å². The molecule has 7 heteroatoms. The van der Waals surface area contributed by atoms with E-state index in [1.54, 1.807) is 19.1 Å². The Bertz CT molecular complexity index is 717. The van der Waals surface area contributed by atoms with Crippen molar-refractivity contribution in [2.45, 2.75) is 33.8 Å². The topological polar surface area (TPSA) is 102 Å². The third-order valence-electron chi connectivity index (χ3n) is 3.88. The Balaban J connectivity index is 1.83. The number of nitrogens with zero attached hydrogens (tertiary/aromatic N) is 1. The van der Waals surface area contributed by atoms with Gasteiger partial charge in [-0.1, -0.05) is 24.2 Å². The van der Waals surface area contributed by atoms with Crippen LogP contribution < -0.4 is 10.1 Å². The van der Waals surface area contributed by atoms with Crippen LogP contribution in [0.25, 0.3) is 0 Å². The van der Waals surface area contributed by atoms with Gasteiger partial charge in [0.15, 0.2) is 0 Å². The number of aryl methyl sites for hydroxylation is 2. The van der Waals surface area contributed by atoms with Crippen molar-refractivity contribution in [3.63, 3.8) is 0 Å². The molecule has 1 aromatic heterocycles. The molecular weight excluding hydrogens is 324 g/mol. The summed E-state index contributed by atoms with van der Waals surface area (Å²) >= 11 is 0. The van der Waals surface area contributed by atoms with Crippen molar-refractivity contribution >= 4 is 11.9 Å². The van der Waals surface area contributed by atoms with E-state index >= 15 is 0 Å². The van der Waals surface area contributed by atoms with E-state index in [0.717, 1.165) is 22.6 Å². The zero-order chi connectivity index (χ0) is 18.4. The van der Waals surface area contributed by atoms with E-state index < -0.39 is 11.9 Å². The Morgan fingerprint density at radius 2 is 1.96 bits per heavy atom. The number of hydrogen-bond donors (Lipinski definition) is 2. The summed E-state index contributed by atoms with van der Waals surface area (Å²) in [6.45, 7) is 5.74. The Labute approximate surface area is 146 Å². The molecule has 1 unspecified atom stereocenters. The Kier molecular flexibility index (Phi) is 6.16. The maximum atomic E-state index is 11.8. The molecule has 1 atom stereocenters. The van der Waals surface area contributed by atoms with Gasteiger partial charge in [-0.05, 0) is 31.5 Å². The molecule has 2 N–H and O–H groups in total. The largest absolute Gasteiger partial charge is 0.489 e. The lowest BCUT2D eigenvalue weighted by atomic mass is 10.1. The maximum Gasteiger partial charge on any atom is 0.308 e. The number of hydrogen-bond acceptors (Lipinski definition) is 5. The number of nitrogens with one attached hydrogen (secondary N) is 1. The van der Waals surface area contributed by atoms with E-state index in [9.17, 15) is 9.59 Å². The minimum atomic E-state index is -0.930. The first-order valence-corrected chi connectivity index (χ1v) is 7.99. The van der Waals surface area contributed by atoms with E-state index in [1.807, 2.05) is 26.0 Å². The lowest BCUT2D eigenvalue weighted by Gasteiger charge is -2.09. The highest BCUT2D eigenvalue weighted by Crippen LogP contribution is 2.18. The summed E-state index contributed by atoms with van der Waals surface area (Å²) in [5.41, 5.74) is 2.56. The second kappa shape index (κ2) is 8.32. The third kappa shape index (κ3) is 5.34. The first-order chi connectivity index (χ1) is 11.9. The molecule has 1 amide bonds. The predicted octanol–water partition coefficient (Wildman–Crippen LogP) is 2.25. The molecule has 1 aromatic carbocycles. The quantitative estimate of drug-likeness (QED) is 0.760. The lowest BCUT2D eigenvalue weighted by Crippen LogP contribution is -2.32. The molecule has 0 aliphatic rings. The molecule has 0 radical (unpaired) electrons. The van der Waals surface area contributed by atoms with Crippen LogP contribution >= 0.6 is 0 Å². The zero-order valence-electron chi connectivity index (χ0n) is 14.5. The van der Waals surface area contributed by atoms with Crippen LogP contribution in [0.15, 0.2) is 28.8 Å². The zero-order valence-corrected chi connectivity index (χ0v) is 14.5. The summed E-state index contributed by atoms with van der Waals surface area (Å²) in [7, 11) is 0. The molecule has 1 heterocycles. The van der Waals surface area contributed by atoms with Crippen molar-refractivity contribution < 1.29 is 24.0 Å². The first-order valence-electron chi connectivity index (χ1n) is 7.99. The fourth-order valence-electron chi connectivity index (χ4n) is 2.17. The van der Waals surface area contributed by atoms with Gasteiger partial charge in [-0.3, -0.25) is 9.59 Å². The summed E-state index contributed by atoms with van der Waals surface area (Å²) in [4.78, 5) is 22.5. The van der Waals surface area contributed by atoms with Crippen LogP contribution in [0.4, 0.5) is 0 Å². The Hall–Kier alpha value is -2.83. The summed E-state index contributed by atoms with van der Waals surface area (Å²) in [5.74, 6) is -0.327. The molecule has 2 rings (SSSR count). The number of carboxylic acids is 1. The van der Waals surface area contributed by atoms with Gasteiger partial charge in [0.2, 0.25) is 5.91 Å². The molecule has 7 nitrogen and oxygen atoms in total. The standard InChI is InChI=1S/C18H22N2O5/c1-11(18(22)23)9-19-17(21)8-14-4-6-15(7-5-14)24-10-16-12(2)20-25-13(16)3/h4-7,11H,8-10H2,1-3H3,(H,19,21)(H,22,23). The van der Waals surface area contributed by atoms with Crippen molar-refractivity contribution in [2.24, 2.45) is 5.92 Å². The average molecular weight is 346 g/mol. The van der Waals surface area contributed by atoms with E-state index in [1.165, 1.54) is 0 Å². The number of ether oxygens (including phenoxy) is 1. The number of aliphatic carboxylic acids is 1. The van der Waals surface area contributed by atoms with Crippen LogP contribution in [0.1, 0.15) is 29.5 Å². The third-order valence-corrected chi connectivity index (χ3v) is 3.88. The molecule has 0 aliphatic carbocycles. The number of benzene rings is 1. The van der Waals surface area contributed by atoms with Crippen molar-refractivity contribution in [1.29, 1.82) is 0 Å². The van der Waals surface area contributed by atoms with Crippen LogP contribution in [0.2, 0.25) is 0 Å². The number of aromatic nitrogens is 1. The number of carboxylic acid groups (broad SMARTS) is 1. The lowest BCUT2D eigenvalue weighted by molar-refractivity contribution is -0.141. The summed E-state index contributed by atoms with van der Waals surface area (Å²) < 4.78 is 10.8. The molecule has 2 aromatic rings. The van der Waals surface area contributed by atoms with Gasteiger partial charge >= 0.3 is 5.97 Å². The molecule has 0 spiro atoms. The summed E-state index contributed by atoms with van der Waals surface area (Å²) in [6, 6.07) is 7.20. The number of carbonyl (C=O) groups excluding carboxylic acids is 1. The Morgan fingerprint density at radius 3 is 2.52 bits per heavy atom. The maximum absolute atomic E-state index is 11.8. The van der Waals surface area contributed by atoms with Crippen LogP contribution in [-0.2, 0) is 22.6 Å². The molecule has 0 saturated heterocycles. The molecule has 0 saturated carbocycles. The van der Waals surface area contributed by atoms with Gasteiger partial charge in [-0.15, -0.1) is 0 Å². The van der Waals surface area contributed by atoms with Crippen molar-refractivity contribution in [2.75, 3.05) is 6.54 Å². The number of rotatable bonds is 8. The molecule has 25 heavy (non-hydrogen) atoms. The van der Waals surface area contributed by atoms with Gasteiger partial charge in [0, 0.05) is 6.54 Å². The van der Waals surface area contributed by atoms with Crippen LogP contribution in [0.5, 0.6) is 5.75 Å². The highest BCUT2D eigenvalue weighted by molar-refractivity contribution is 5.79. The van der Waals surface area contributed by atoms with E-state index in [2.05, 4.69) is 10.5 Å². The normalized spacial score (nSPS) is 11.8. The van der Waals surface area contributed by atoms with Crippen LogP contribution in [0.3, 0.4) is 0 Å². The highest BCUT2D eigenvalue weighted by Gasteiger charge is 2.13. The van der Waals surface area contributed by atoms with Gasteiger partial charge in [0.1, 0.15) is 18.1 Å². The van der Waals surface area contributed by atoms with Crippen LogP contribution in [-0.4, -0.2) is 28.7 Å². The van der Waals surface area contributed by atoms with Gasteiger partial charge < -0.3 is 19.7 Å². The van der Waals surface area contributed by atoms with Crippen molar-refractivity contribution in [3.8, 4) is 5.75 Å². The fourth-order valence-corrected chi connectivity index (χ4v) is 2.17. The average Bonchev–Trinajstić information content (AvgIpc) is 2.90. The van der Waals surface area contributed by atoms with Crippen molar-refractivity contribution in [1.82, 2.24) is 10.5 Å². The van der Waals surface area contributed by atoms with Crippen molar-refractivity contribution in [3.05, 3.63) is 46.8 Å². The van der Waals surface area contributed by atoms with Gasteiger partial charge in [-0.25, -0.2) is 0 Å². The number of amides is 1. The monoisotopic (exact) mass is 346 g/mol. The van der Waals surface area contributed by atoms with Crippen LogP contribution in [0, 0.1) is 19.8 Å². The smallest absolute Gasteiger partial charge is 0.308 e. The molecule has 0 fully saturated rings. The SMILES string of the molecule is Cc1noc(C)c1COc1ccc(CC(=O)NCC(C)C(=O)O)cc1. The second-order valence-corrected chi connectivity index (χ2v) is 5.96. The van der Waals surface area contributed by atoms with E-state index in [0.29, 0.717) is 12.4 Å². The van der Waals surface area contributed by atoms with E-state index in [4.69, 9.17) is 14.4 Å². The Morgan fingerprint density at radius 1 is 1.28 bits per heavy atom. The predicted molar refractivity (Wildman–Crippen MR) is 90.3 cm³/mol. The minimum absolute atomic E-state index is 0.118. The highest BCUT2D eigenvalue weighted by atomic mass is 16.5. The second-order valence-electron chi connectivity index (χ2n) is 5.96. The molecule has 0 aliphatic heterocycles. The van der Waals surface area contributed by atoms with Gasteiger partial charge in [0.25, 0.3) is 0 Å².